The van der Waals surface area contributed by atoms with Crippen molar-refractivity contribution in [3.05, 3.63) is 103 Å². The summed E-state index contributed by atoms with van der Waals surface area (Å²) >= 11 is 0. The van der Waals surface area contributed by atoms with E-state index in [4.69, 9.17) is 14.8 Å². The van der Waals surface area contributed by atoms with Gasteiger partial charge in [-0.05, 0) is 49.6 Å². The van der Waals surface area contributed by atoms with Crippen LogP contribution in [0, 0.1) is 0 Å². The Kier molecular flexibility index (Phi) is 8.91. The van der Waals surface area contributed by atoms with E-state index in [1.165, 1.54) is 12.1 Å². The first kappa shape index (κ1) is 30.6. The second-order valence-corrected chi connectivity index (χ2v) is 11.6. The number of nitrogens with one attached hydrogen (secondary N) is 1. The molecule has 228 valence electrons. The summed E-state index contributed by atoms with van der Waals surface area (Å²) in [5, 5.41) is 8.89. The van der Waals surface area contributed by atoms with E-state index in [0.29, 0.717) is 42.2 Å². The number of sulfonamides is 1. The molecule has 8 nitrogen and oxygen atoms in total. The Bertz CT molecular complexity index is 1880. The van der Waals surface area contributed by atoms with Crippen molar-refractivity contribution in [2.45, 2.75) is 36.8 Å². The zero-order chi connectivity index (χ0) is 31.3. The Morgan fingerprint density at radius 3 is 2.23 bits per heavy atom. The predicted octanol–water partition coefficient (Wildman–Crippen LogP) is 7.54. The number of aromatic nitrogens is 2. The van der Waals surface area contributed by atoms with Crippen LogP contribution in [0.25, 0.3) is 28.1 Å². The second-order valence-electron chi connectivity index (χ2n) is 9.96. The van der Waals surface area contributed by atoms with E-state index in [9.17, 15) is 26.4 Å². The highest BCUT2D eigenvalue weighted by Gasteiger charge is 2.37. The minimum atomic E-state index is -4.90. The van der Waals surface area contributed by atoms with Gasteiger partial charge in [0, 0.05) is 23.7 Å². The molecule has 0 unspecified atom stereocenters. The van der Waals surface area contributed by atoms with E-state index < -0.39 is 32.6 Å². The van der Waals surface area contributed by atoms with Crippen LogP contribution in [0.4, 0.5) is 18.9 Å². The van der Waals surface area contributed by atoms with Crippen LogP contribution in [0.15, 0.2) is 102 Å². The molecule has 2 N–H and O–H groups in total. The van der Waals surface area contributed by atoms with Crippen LogP contribution >= 0.6 is 0 Å². The van der Waals surface area contributed by atoms with Crippen LogP contribution in [0.2, 0.25) is 0 Å². The Morgan fingerprint density at radius 1 is 0.886 bits per heavy atom. The minimum absolute atomic E-state index is 0.00808. The molecule has 0 saturated heterocycles. The maximum Gasteiger partial charge on any atom is 0.417 e. The third-order valence-electron chi connectivity index (χ3n) is 6.82. The van der Waals surface area contributed by atoms with Gasteiger partial charge in [0.2, 0.25) is 0 Å². The van der Waals surface area contributed by atoms with Gasteiger partial charge in [-0.2, -0.15) is 13.2 Å². The van der Waals surface area contributed by atoms with Gasteiger partial charge in [-0.15, -0.1) is 0 Å². The van der Waals surface area contributed by atoms with Crippen molar-refractivity contribution in [1.82, 2.24) is 9.55 Å². The number of halogens is 3. The summed E-state index contributed by atoms with van der Waals surface area (Å²) in [5.41, 5.74) is 1.14. The summed E-state index contributed by atoms with van der Waals surface area (Å²) in [5.74, 6) is -0.259. The summed E-state index contributed by atoms with van der Waals surface area (Å²) in [6, 6.07) is 25.7. The van der Waals surface area contributed by atoms with Gasteiger partial charge in [0.25, 0.3) is 10.0 Å². The maximum absolute atomic E-state index is 13.7. The standard InChI is InChI=1S/C32H28F3N3O5S/c33-32(34,35)24-16-9-10-17-29(24)44(41,42)37-26-20-25-27(21-28(26)43-19-11-3-8-18-30(39)40)38(23-14-6-2-7-15-23)31(36-25)22-12-4-1-5-13-22/h1-2,4-7,9-10,12-17,20-21,37H,3,8,11,18-19H2,(H,39,40). The van der Waals surface area contributed by atoms with Crippen molar-refractivity contribution >= 4 is 32.7 Å². The van der Waals surface area contributed by atoms with E-state index in [2.05, 4.69) is 4.72 Å². The summed E-state index contributed by atoms with van der Waals surface area (Å²) in [4.78, 5) is 14.7. The number of benzene rings is 4. The minimum Gasteiger partial charge on any atom is -0.491 e. The number of hydrogen-bond donors (Lipinski definition) is 2. The highest BCUT2D eigenvalue weighted by atomic mass is 32.2. The number of fused-ring (bicyclic) bond motifs is 1. The number of rotatable bonds is 12. The normalized spacial score (nSPS) is 11.9. The molecule has 4 aromatic carbocycles. The van der Waals surface area contributed by atoms with Crippen LogP contribution in [0.1, 0.15) is 31.2 Å². The lowest BCUT2D eigenvalue weighted by Gasteiger charge is -2.17. The number of anilines is 1. The number of hydrogen-bond acceptors (Lipinski definition) is 5. The molecule has 0 saturated carbocycles. The summed E-state index contributed by atoms with van der Waals surface area (Å²) in [6.07, 6.45) is -3.43. The molecule has 0 spiro atoms. The van der Waals surface area contributed by atoms with E-state index >= 15 is 0 Å². The summed E-state index contributed by atoms with van der Waals surface area (Å²) in [6.45, 7) is 0.115. The fraction of sp³-hybridized carbons (Fsp3) is 0.188. The summed E-state index contributed by atoms with van der Waals surface area (Å²) in [7, 11) is -4.72. The zero-order valence-corrected chi connectivity index (χ0v) is 24.1. The van der Waals surface area contributed by atoms with Crippen molar-refractivity contribution in [2.75, 3.05) is 11.3 Å². The van der Waals surface area contributed by atoms with Crippen LogP contribution in [-0.4, -0.2) is 35.7 Å². The number of alkyl halides is 3. The van der Waals surface area contributed by atoms with Gasteiger partial charge in [0.05, 0.1) is 33.8 Å². The SMILES string of the molecule is O=C(O)CCCCCOc1cc2c(cc1NS(=O)(=O)c1ccccc1C(F)(F)F)nc(-c1ccccc1)n2-c1ccccc1. The van der Waals surface area contributed by atoms with Crippen molar-refractivity contribution in [3.8, 4) is 22.8 Å². The molecule has 0 radical (unpaired) electrons. The predicted molar refractivity (Wildman–Crippen MR) is 160 cm³/mol. The highest BCUT2D eigenvalue weighted by Crippen LogP contribution is 2.38. The molecular formula is C32H28F3N3O5S. The van der Waals surface area contributed by atoms with Gasteiger partial charge in [0.1, 0.15) is 11.6 Å². The molecule has 0 aliphatic heterocycles. The third kappa shape index (κ3) is 6.86. The molecule has 5 rings (SSSR count). The van der Waals surface area contributed by atoms with Crippen LogP contribution in [0.3, 0.4) is 0 Å². The molecule has 0 amide bonds. The molecular weight excluding hydrogens is 595 g/mol. The quantitative estimate of drug-likeness (QED) is 0.139. The number of carboxylic acid groups (broad SMARTS) is 1. The lowest BCUT2D eigenvalue weighted by atomic mass is 10.2. The number of carboxylic acids is 1. The Labute approximate surface area is 251 Å². The van der Waals surface area contributed by atoms with Gasteiger partial charge in [-0.1, -0.05) is 60.7 Å². The Morgan fingerprint density at radius 2 is 1.55 bits per heavy atom. The van der Waals surface area contributed by atoms with Gasteiger partial charge in [-0.3, -0.25) is 14.1 Å². The maximum atomic E-state index is 13.7. The number of imidazole rings is 1. The van der Waals surface area contributed by atoms with Gasteiger partial charge in [-0.25, -0.2) is 13.4 Å². The molecule has 44 heavy (non-hydrogen) atoms. The number of para-hydroxylation sites is 1. The second kappa shape index (κ2) is 12.8. The number of nitrogens with zero attached hydrogens (tertiary/aromatic N) is 2. The molecule has 0 atom stereocenters. The average molecular weight is 624 g/mol. The van der Waals surface area contributed by atoms with E-state index in [1.807, 2.05) is 65.2 Å². The van der Waals surface area contributed by atoms with Gasteiger partial charge < -0.3 is 9.84 Å². The van der Waals surface area contributed by atoms with E-state index in [-0.39, 0.29) is 24.5 Å². The first-order valence-electron chi connectivity index (χ1n) is 13.8. The van der Waals surface area contributed by atoms with E-state index in [1.54, 1.807) is 6.07 Å². The zero-order valence-electron chi connectivity index (χ0n) is 23.3. The fourth-order valence-corrected chi connectivity index (χ4v) is 6.09. The monoisotopic (exact) mass is 623 g/mol. The van der Waals surface area contributed by atoms with Gasteiger partial charge in [0.15, 0.2) is 0 Å². The first-order valence-corrected chi connectivity index (χ1v) is 15.2. The Hall–Kier alpha value is -4.84. The number of unbranched alkanes of at least 4 members (excludes halogenated alkanes) is 2. The summed E-state index contributed by atoms with van der Waals surface area (Å²) < 4.78 is 78.2. The van der Waals surface area contributed by atoms with Crippen LogP contribution in [-0.2, 0) is 21.0 Å². The molecule has 0 aliphatic carbocycles. The Balaban J connectivity index is 1.61. The number of carbonyl (C=O) groups is 1. The number of aliphatic carboxylic acids is 1. The van der Waals surface area contributed by atoms with Crippen LogP contribution < -0.4 is 9.46 Å². The third-order valence-corrected chi connectivity index (χ3v) is 8.24. The number of ether oxygens (including phenoxy) is 1. The van der Waals surface area contributed by atoms with Crippen molar-refractivity contribution < 1.29 is 36.2 Å². The molecule has 1 heterocycles. The first-order chi connectivity index (χ1) is 21.0. The molecule has 0 bridgehead atoms. The fourth-order valence-electron chi connectivity index (χ4n) is 4.80. The highest BCUT2D eigenvalue weighted by molar-refractivity contribution is 7.92. The smallest absolute Gasteiger partial charge is 0.417 e. The average Bonchev–Trinajstić information content (AvgIpc) is 3.37. The topological polar surface area (TPSA) is 111 Å². The molecule has 12 heteroatoms. The van der Waals surface area contributed by atoms with Gasteiger partial charge >= 0.3 is 12.1 Å². The lowest BCUT2D eigenvalue weighted by molar-refractivity contribution is -0.140. The molecule has 0 fully saturated rings. The molecule has 0 aliphatic rings. The molecule has 5 aromatic rings. The van der Waals surface area contributed by atoms with Crippen molar-refractivity contribution in [3.63, 3.8) is 0 Å². The van der Waals surface area contributed by atoms with E-state index in [0.717, 1.165) is 23.4 Å². The lowest BCUT2D eigenvalue weighted by Crippen LogP contribution is -2.19. The largest absolute Gasteiger partial charge is 0.491 e. The van der Waals surface area contributed by atoms with Crippen molar-refractivity contribution in [2.24, 2.45) is 0 Å². The van der Waals surface area contributed by atoms with Crippen LogP contribution in [0.5, 0.6) is 5.75 Å². The van der Waals surface area contributed by atoms with Crippen molar-refractivity contribution in [1.29, 1.82) is 0 Å². The molecule has 1 aromatic heterocycles.